The molecule has 0 amide bonds. The van der Waals surface area contributed by atoms with Crippen molar-refractivity contribution in [2.24, 2.45) is 0 Å². The van der Waals surface area contributed by atoms with E-state index < -0.39 is 0 Å². The Morgan fingerprint density at radius 3 is 2.83 bits per heavy atom. The highest BCUT2D eigenvalue weighted by atomic mass is 15.3. The maximum atomic E-state index is 4.58. The number of aromatic nitrogens is 1. The van der Waals surface area contributed by atoms with E-state index in [0.29, 0.717) is 0 Å². The van der Waals surface area contributed by atoms with E-state index in [1.807, 2.05) is 19.3 Å². The van der Waals surface area contributed by atoms with Gasteiger partial charge in [-0.2, -0.15) is 0 Å². The zero-order valence-electron chi connectivity index (χ0n) is 11.9. The van der Waals surface area contributed by atoms with E-state index in [0.717, 1.165) is 32.0 Å². The average molecular weight is 248 g/mol. The molecule has 0 bridgehead atoms. The van der Waals surface area contributed by atoms with Gasteiger partial charge < -0.3 is 10.2 Å². The molecule has 0 radical (unpaired) electrons. The lowest BCUT2D eigenvalue weighted by molar-refractivity contribution is 0.138. The van der Waals surface area contributed by atoms with Crippen LogP contribution in [0.1, 0.15) is 19.4 Å². The number of anilines is 1. The molecule has 18 heavy (non-hydrogen) atoms. The molecule has 1 aromatic rings. The molecule has 1 fully saturated rings. The van der Waals surface area contributed by atoms with Gasteiger partial charge in [-0.05, 0) is 34.0 Å². The second-order valence-corrected chi connectivity index (χ2v) is 5.67. The summed E-state index contributed by atoms with van der Waals surface area (Å²) in [5.74, 6) is 1.13. The largest absolute Gasteiger partial charge is 0.353 e. The lowest BCUT2D eigenvalue weighted by Gasteiger charge is -2.46. The Hall–Kier alpha value is -1.13. The summed E-state index contributed by atoms with van der Waals surface area (Å²) < 4.78 is 0. The maximum absolute atomic E-state index is 4.58. The van der Waals surface area contributed by atoms with Crippen molar-refractivity contribution >= 4 is 5.82 Å². The highest BCUT2D eigenvalue weighted by molar-refractivity contribution is 5.47. The molecule has 1 aliphatic heterocycles. The topological polar surface area (TPSA) is 31.4 Å². The normalized spacial score (nSPS) is 20.1. The molecule has 0 aromatic carbocycles. The minimum atomic E-state index is 0.201. The Morgan fingerprint density at radius 2 is 2.17 bits per heavy atom. The highest BCUT2D eigenvalue weighted by Crippen LogP contribution is 2.25. The molecule has 4 heteroatoms. The predicted octanol–water partition coefficient (Wildman–Crippen LogP) is 1.33. The molecular weight excluding hydrogens is 224 g/mol. The number of likely N-dealkylation sites (N-methyl/N-ethyl adjacent to an activating group) is 1. The maximum Gasteiger partial charge on any atom is 0.133 e. The number of hydrogen-bond donors (Lipinski definition) is 1. The smallest absolute Gasteiger partial charge is 0.133 e. The van der Waals surface area contributed by atoms with Crippen LogP contribution >= 0.6 is 0 Å². The molecule has 0 saturated carbocycles. The van der Waals surface area contributed by atoms with E-state index in [-0.39, 0.29) is 5.54 Å². The van der Waals surface area contributed by atoms with Crippen LogP contribution in [-0.4, -0.2) is 49.2 Å². The number of nitrogens with one attached hydrogen (secondary N) is 1. The summed E-state index contributed by atoms with van der Waals surface area (Å²) in [5, 5.41) is 3.22. The second kappa shape index (κ2) is 5.24. The summed E-state index contributed by atoms with van der Waals surface area (Å²) in [6.07, 6.45) is 1.89. The molecule has 1 aromatic heterocycles. The zero-order chi connectivity index (χ0) is 13.2. The van der Waals surface area contributed by atoms with Crippen molar-refractivity contribution in [2.45, 2.75) is 25.9 Å². The fourth-order valence-corrected chi connectivity index (χ4v) is 2.46. The van der Waals surface area contributed by atoms with Gasteiger partial charge in [-0.15, -0.1) is 0 Å². The Kier molecular flexibility index (Phi) is 3.88. The van der Waals surface area contributed by atoms with Gasteiger partial charge in [-0.1, -0.05) is 6.07 Å². The van der Waals surface area contributed by atoms with Crippen molar-refractivity contribution in [3.8, 4) is 0 Å². The molecule has 1 saturated heterocycles. The predicted molar refractivity (Wildman–Crippen MR) is 75.9 cm³/mol. The lowest BCUT2D eigenvalue weighted by atomic mass is 9.99. The second-order valence-electron chi connectivity index (χ2n) is 5.67. The average Bonchev–Trinajstić information content (AvgIpc) is 2.34. The van der Waals surface area contributed by atoms with E-state index in [1.165, 1.54) is 5.56 Å². The molecule has 100 valence electrons. The number of hydrogen-bond acceptors (Lipinski definition) is 4. The summed E-state index contributed by atoms with van der Waals surface area (Å²) in [5.41, 5.74) is 1.48. The molecule has 0 spiro atoms. The fourth-order valence-electron chi connectivity index (χ4n) is 2.46. The summed E-state index contributed by atoms with van der Waals surface area (Å²) in [6, 6.07) is 4.17. The van der Waals surface area contributed by atoms with Crippen LogP contribution in [0.2, 0.25) is 0 Å². The molecule has 0 atom stereocenters. The van der Waals surface area contributed by atoms with Crippen LogP contribution in [0.25, 0.3) is 0 Å². The van der Waals surface area contributed by atoms with Gasteiger partial charge in [0.1, 0.15) is 5.82 Å². The van der Waals surface area contributed by atoms with E-state index in [4.69, 9.17) is 0 Å². The molecular formula is C14H24N4. The van der Waals surface area contributed by atoms with Gasteiger partial charge in [-0.3, -0.25) is 4.90 Å². The van der Waals surface area contributed by atoms with Crippen LogP contribution in [0, 0.1) is 0 Å². The zero-order valence-corrected chi connectivity index (χ0v) is 11.9. The van der Waals surface area contributed by atoms with Crippen LogP contribution in [-0.2, 0) is 6.54 Å². The Morgan fingerprint density at radius 1 is 1.39 bits per heavy atom. The van der Waals surface area contributed by atoms with Gasteiger partial charge in [0.05, 0.1) is 0 Å². The van der Waals surface area contributed by atoms with E-state index in [1.54, 1.807) is 0 Å². The first-order chi connectivity index (χ1) is 8.54. The molecule has 2 heterocycles. The summed E-state index contributed by atoms with van der Waals surface area (Å²) in [4.78, 5) is 9.41. The molecule has 1 aliphatic rings. The van der Waals surface area contributed by atoms with Gasteiger partial charge in [0.25, 0.3) is 0 Å². The van der Waals surface area contributed by atoms with Crippen molar-refractivity contribution in [3.05, 3.63) is 23.9 Å². The Bertz CT molecular complexity index is 403. The number of nitrogens with zero attached hydrogens (tertiary/aromatic N) is 3. The molecule has 2 rings (SSSR count). The van der Waals surface area contributed by atoms with Gasteiger partial charge in [0.15, 0.2) is 0 Å². The standard InChI is InChI=1S/C14H24N4/c1-14(2)11-18(9-8-17(14)4)13-12(10-15-3)6-5-7-16-13/h5-7,15H,8-11H2,1-4H3. The van der Waals surface area contributed by atoms with Crippen LogP contribution < -0.4 is 10.2 Å². The summed E-state index contributed by atoms with van der Waals surface area (Å²) >= 11 is 0. The van der Waals surface area contributed by atoms with E-state index in [2.05, 4.69) is 47.1 Å². The third-order valence-electron chi connectivity index (χ3n) is 3.85. The monoisotopic (exact) mass is 248 g/mol. The third kappa shape index (κ3) is 2.65. The lowest BCUT2D eigenvalue weighted by Crippen LogP contribution is -2.58. The fraction of sp³-hybridized carbons (Fsp3) is 0.643. The third-order valence-corrected chi connectivity index (χ3v) is 3.85. The van der Waals surface area contributed by atoms with Crippen LogP contribution in [0.15, 0.2) is 18.3 Å². The minimum absolute atomic E-state index is 0.201. The molecule has 1 N–H and O–H groups in total. The van der Waals surface area contributed by atoms with Crippen molar-refractivity contribution in [3.63, 3.8) is 0 Å². The van der Waals surface area contributed by atoms with Crippen molar-refractivity contribution < 1.29 is 0 Å². The first kappa shape index (κ1) is 13.3. The number of rotatable bonds is 3. The number of piperazine rings is 1. The molecule has 0 unspecified atom stereocenters. The number of pyridine rings is 1. The van der Waals surface area contributed by atoms with Gasteiger partial charge >= 0.3 is 0 Å². The summed E-state index contributed by atoms with van der Waals surface area (Å²) in [6.45, 7) is 8.61. The quantitative estimate of drug-likeness (QED) is 0.874. The van der Waals surface area contributed by atoms with Crippen LogP contribution in [0.4, 0.5) is 5.82 Å². The van der Waals surface area contributed by atoms with Crippen molar-refractivity contribution in [1.29, 1.82) is 0 Å². The Balaban J connectivity index is 2.22. The van der Waals surface area contributed by atoms with Crippen molar-refractivity contribution in [1.82, 2.24) is 15.2 Å². The van der Waals surface area contributed by atoms with Gasteiger partial charge in [0, 0.05) is 43.5 Å². The first-order valence-corrected chi connectivity index (χ1v) is 6.59. The molecule has 4 nitrogen and oxygen atoms in total. The van der Waals surface area contributed by atoms with Crippen LogP contribution in [0.5, 0.6) is 0 Å². The van der Waals surface area contributed by atoms with Crippen LogP contribution in [0.3, 0.4) is 0 Å². The summed E-state index contributed by atoms with van der Waals surface area (Å²) in [7, 11) is 4.18. The minimum Gasteiger partial charge on any atom is -0.353 e. The SMILES string of the molecule is CNCc1cccnc1N1CCN(C)C(C)(C)C1. The first-order valence-electron chi connectivity index (χ1n) is 6.59. The van der Waals surface area contributed by atoms with E-state index in [9.17, 15) is 0 Å². The van der Waals surface area contributed by atoms with Crippen molar-refractivity contribution in [2.75, 3.05) is 38.6 Å². The molecule has 0 aliphatic carbocycles. The van der Waals surface area contributed by atoms with Gasteiger partial charge in [-0.25, -0.2) is 4.98 Å². The van der Waals surface area contributed by atoms with E-state index >= 15 is 0 Å². The Labute approximate surface area is 110 Å². The van der Waals surface area contributed by atoms with Gasteiger partial charge in [0.2, 0.25) is 0 Å². The highest BCUT2D eigenvalue weighted by Gasteiger charge is 2.32.